The SMILES string of the molecule is O=C(CCNCc1ccc(F)cc1)NCCC(c1ccccc1)c1ccccc1. The first-order valence-electron chi connectivity index (χ1n) is 10.0. The zero-order valence-corrected chi connectivity index (χ0v) is 16.5. The average molecular weight is 391 g/mol. The molecule has 3 aromatic carbocycles. The average Bonchev–Trinajstić information content (AvgIpc) is 2.77. The first-order valence-corrected chi connectivity index (χ1v) is 10.0. The van der Waals surface area contributed by atoms with E-state index >= 15 is 0 Å². The van der Waals surface area contributed by atoms with Gasteiger partial charge in [0.2, 0.25) is 5.91 Å². The lowest BCUT2D eigenvalue weighted by atomic mass is 9.88. The van der Waals surface area contributed by atoms with Crippen molar-refractivity contribution in [3.8, 4) is 0 Å². The quantitative estimate of drug-likeness (QED) is 0.495. The van der Waals surface area contributed by atoms with Crippen LogP contribution >= 0.6 is 0 Å². The van der Waals surface area contributed by atoms with Crippen LogP contribution in [0.25, 0.3) is 0 Å². The first-order chi connectivity index (χ1) is 14.2. The van der Waals surface area contributed by atoms with E-state index in [4.69, 9.17) is 0 Å². The number of amides is 1. The van der Waals surface area contributed by atoms with Gasteiger partial charge in [0.25, 0.3) is 0 Å². The molecule has 2 N–H and O–H groups in total. The molecule has 0 aromatic heterocycles. The molecule has 0 fully saturated rings. The third kappa shape index (κ3) is 6.84. The van der Waals surface area contributed by atoms with Gasteiger partial charge in [-0.2, -0.15) is 0 Å². The second-order valence-corrected chi connectivity index (χ2v) is 7.07. The molecule has 0 saturated carbocycles. The topological polar surface area (TPSA) is 41.1 Å². The fraction of sp³-hybridized carbons (Fsp3) is 0.240. The summed E-state index contributed by atoms with van der Waals surface area (Å²) in [5.74, 6) is 0.0585. The van der Waals surface area contributed by atoms with E-state index in [1.54, 1.807) is 12.1 Å². The van der Waals surface area contributed by atoms with Crippen molar-refractivity contribution in [2.45, 2.75) is 25.3 Å². The Balaban J connectivity index is 1.42. The summed E-state index contributed by atoms with van der Waals surface area (Å²) in [7, 11) is 0. The van der Waals surface area contributed by atoms with E-state index in [-0.39, 0.29) is 17.6 Å². The van der Waals surface area contributed by atoms with Crippen LogP contribution in [0.15, 0.2) is 84.9 Å². The van der Waals surface area contributed by atoms with Gasteiger partial charge in [0.05, 0.1) is 0 Å². The van der Waals surface area contributed by atoms with Crippen LogP contribution in [-0.4, -0.2) is 19.0 Å². The molecule has 0 saturated heterocycles. The highest BCUT2D eigenvalue weighted by Crippen LogP contribution is 2.27. The molecule has 4 heteroatoms. The van der Waals surface area contributed by atoms with Crippen LogP contribution in [0.3, 0.4) is 0 Å². The van der Waals surface area contributed by atoms with Crippen LogP contribution in [0.5, 0.6) is 0 Å². The molecule has 3 aromatic rings. The summed E-state index contributed by atoms with van der Waals surface area (Å²) in [5.41, 5.74) is 3.52. The Labute approximate surface area is 172 Å². The van der Waals surface area contributed by atoms with Crippen molar-refractivity contribution in [1.82, 2.24) is 10.6 Å². The van der Waals surface area contributed by atoms with Gasteiger partial charge in [-0.15, -0.1) is 0 Å². The molecule has 0 atom stereocenters. The van der Waals surface area contributed by atoms with Crippen molar-refractivity contribution in [3.05, 3.63) is 107 Å². The summed E-state index contributed by atoms with van der Waals surface area (Å²) in [6, 6.07) is 27.2. The zero-order chi connectivity index (χ0) is 20.3. The minimum Gasteiger partial charge on any atom is -0.356 e. The van der Waals surface area contributed by atoms with Crippen molar-refractivity contribution < 1.29 is 9.18 Å². The van der Waals surface area contributed by atoms with Gasteiger partial charge in [-0.3, -0.25) is 4.79 Å². The van der Waals surface area contributed by atoms with Crippen LogP contribution in [0.1, 0.15) is 35.4 Å². The van der Waals surface area contributed by atoms with E-state index in [9.17, 15) is 9.18 Å². The summed E-state index contributed by atoms with van der Waals surface area (Å²) in [6.45, 7) is 1.84. The lowest BCUT2D eigenvalue weighted by molar-refractivity contribution is -0.121. The van der Waals surface area contributed by atoms with Crippen molar-refractivity contribution >= 4 is 5.91 Å². The maximum atomic E-state index is 12.9. The van der Waals surface area contributed by atoms with Crippen LogP contribution in [-0.2, 0) is 11.3 Å². The molecule has 3 nitrogen and oxygen atoms in total. The summed E-state index contributed by atoms with van der Waals surface area (Å²) in [4.78, 5) is 12.2. The minimum absolute atomic E-state index is 0.0384. The minimum atomic E-state index is -0.238. The van der Waals surface area contributed by atoms with E-state index in [2.05, 4.69) is 59.2 Å². The van der Waals surface area contributed by atoms with Gasteiger partial charge in [-0.25, -0.2) is 4.39 Å². The Hall–Kier alpha value is -2.98. The highest BCUT2D eigenvalue weighted by Gasteiger charge is 2.14. The van der Waals surface area contributed by atoms with Gasteiger partial charge in [0.15, 0.2) is 0 Å². The van der Waals surface area contributed by atoms with Crippen molar-refractivity contribution in [3.63, 3.8) is 0 Å². The number of carbonyl (C=O) groups excluding carboxylic acids is 1. The number of hydrogen-bond donors (Lipinski definition) is 2. The molecular weight excluding hydrogens is 363 g/mol. The largest absolute Gasteiger partial charge is 0.356 e. The van der Waals surface area contributed by atoms with Crippen LogP contribution in [0.2, 0.25) is 0 Å². The first kappa shape index (κ1) is 20.7. The van der Waals surface area contributed by atoms with E-state index < -0.39 is 0 Å². The molecule has 0 aliphatic carbocycles. The third-order valence-corrected chi connectivity index (χ3v) is 4.93. The Morgan fingerprint density at radius 2 is 1.38 bits per heavy atom. The molecule has 150 valence electrons. The fourth-order valence-electron chi connectivity index (χ4n) is 3.38. The lowest BCUT2D eigenvalue weighted by Crippen LogP contribution is -2.29. The molecule has 1 amide bonds. The molecule has 0 spiro atoms. The zero-order valence-electron chi connectivity index (χ0n) is 16.5. The van der Waals surface area contributed by atoms with Crippen LogP contribution in [0, 0.1) is 5.82 Å². The summed E-state index contributed by atoms with van der Waals surface area (Å²) < 4.78 is 12.9. The molecule has 0 radical (unpaired) electrons. The Morgan fingerprint density at radius 3 is 1.97 bits per heavy atom. The van der Waals surface area contributed by atoms with Crippen LogP contribution < -0.4 is 10.6 Å². The molecular formula is C25H27FN2O. The molecule has 0 aliphatic rings. The molecule has 0 heterocycles. The summed E-state index contributed by atoms with van der Waals surface area (Å²) in [6.07, 6.45) is 1.27. The van der Waals surface area contributed by atoms with E-state index in [1.165, 1.54) is 23.3 Å². The number of hydrogen-bond acceptors (Lipinski definition) is 2. The van der Waals surface area contributed by atoms with Crippen LogP contribution in [0.4, 0.5) is 4.39 Å². The molecule has 29 heavy (non-hydrogen) atoms. The van der Waals surface area contributed by atoms with Gasteiger partial charge in [0.1, 0.15) is 5.82 Å². The van der Waals surface area contributed by atoms with E-state index in [1.807, 2.05) is 12.1 Å². The maximum Gasteiger partial charge on any atom is 0.221 e. The monoisotopic (exact) mass is 390 g/mol. The molecule has 0 unspecified atom stereocenters. The highest BCUT2D eigenvalue weighted by molar-refractivity contribution is 5.76. The molecule has 0 aliphatic heterocycles. The molecule has 3 rings (SSSR count). The van der Waals surface area contributed by atoms with Crippen molar-refractivity contribution in [2.24, 2.45) is 0 Å². The Kier molecular flexibility index (Phi) is 7.96. The third-order valence-electron chi connectivity index (χ3n) is 4.93. The number of benzene rings is 3. The lowest BCUT2D eigenvalue weighted by Gasteiger charge is -2.18. The van der Waals surface area contributed by atoms with Gasteiger partial charge in [0, 0.05) is 32.0 Å². The smallest absolute Gasteiger partial charge is 0.221 e. The second kappa shape index (κ2) is 11.1. The predicted octanol–water partition coefficient (Wildman–Crippen LogP) is 4.64. The Bertz CT molecular complexity index is 827. The van der Waals surface area contributed by atoms with Gasteiger partial charge >= 0.3 is 0 Å². The number of halogens is 1. The molecule has 0 bridgehead atoms. The summed E-state index contributed by atoms with van der Waals surface area (Å²) >= 11 is 0. The van der Waals surface area contributed by atoms with E-state index in [0.717, 1.165) is 12.0 Å². The standard InChI is InChI=1S/C25H27FN2O/c26-23-13-11-20(12-14-23)19-27-17-16-25(29)28-18-15-24(21-7-3-1-4-8-21)22-9-5-2-6-10-22/h1-14,24,27H,15-19H2,(H,28,29). The van der Waals surface area contributed by atoms with Gasteiger partial charge < -0.3 is 10.6 Å². The maximum absolute atomic E-state index is 12.9. The fourth-order valence-corrected chi connectivity index (χ4v) is 3.38. The van der Waals surface area contributed by atoms with Gasteiger partial charge in [-0.1, -0.05) is 72.8 Å². The Morgan fingerprint density at radius 1 is 0.793 bits per heavy atom. The second-order valence-electron chi connectivity index (χ2n) is 7.07. The van der Waals surface area contributed by atoms with E-state index in [0.29, 0.717) is 26.1 Å². The normalized spacial score (nSPS) is 10.8. The van der Waals surface area contributed by atoms with Gasteiger partial charge in [-0.05, 0) is 35.2 Å². The number of carbonyl (C=O) groups is 1. The van der Waals surface area contributed by atoms with Crippen molar-refractivity contribution in [1.29, 1.82) is 0 Å². The highest BCUT2D eigenvalue weighted by atomic mass is 19.1. The number of nitrogens with one attached hydrogen (secondary N) is 2. The van der Waals surface area contributed by atoms with Crippen molar-refractivity contribution in [2.75, 3.05) is 13.1 Å². The predicted molar refractivity (Wildman–Crippen MR) is 115 cm³/mol. The summed E-state index contributed by atoms with van der Waals surface area (Å²) in [5, 5.41) is 6.25. The number of rotatable bonds is 10.